The van der Waals surface area contributed by atoms with Crippen molar-refractivity contribution in [3.8, 4) is 0 Å². The van der Waals surface area contributed by atoms with Crippen LogP contribution in [0.3, 0.4) is 0 Å². The smallest absolute Gasteiger partial charge is 0.0781 e. The molecule has 1 rings (SSSR count). The van der Waals surface area contributed by atoms with E-state index in [0.29, 0.717) is 12.2 Å². The zero-order valence-corrected chi connectivity index (χ0v) is 9.22. The molecule has 15 heavy (non-hydrogen) atoms. The lowest BCUT2D eigenvalue weighted by Crippen LogP contribution is -2.14. The van der Waals surface area contributed by atoms with Crippen molar-refractivity contribution in [2.45, 2.75) is 26.1 Å². The third kappa shape index (κ3) is 6.06. The fraction of sp³-hybridized carbons (Fsp3) is 0.455. The molecule has 0 radical (unpaired) electrons. The minimum absolute atomic E-state index is 0.338. The van der Waals surface area contributed by atoms with E-state index in [1.165, 1.54) is 0 Å². The lowest BCUT2D eigenvalue weighted by Gasteiger charge is -2.06. The molecule has 0 amide bonds. The van der Waals surface area contributed by atoms with Crippen LogP contribution < -0.4 is 11.5 Å². The van der Waals surface area contributed by atoms with Gasteiger partial charge in [-0.25, -0.2) is 0 Å². The number of nitrogen functional groups attached to an aromatic ring is 1. The number of para-hydroxylation sites is 1. The third-order valence-electron chi connectivity index (χ3n) is 1.79. The maximum absolute atomic E-state index is 9.12. The van der Waals surface area contributed by atoms with E-state index in [4.69, 9.17) is 21.7 Å². The average molecular weight is 212 g/mol. The van der Waals surface area contributed by atoms with Crippen molar-refractivity contribution in [1.29, 1.82) is 0 Å². The quantitative estimate of drug-likeness (QED) is 0.541. The van der Waals surface area contributed by atoms with E-state index >= 15 is 0 Å². The van der Waals surface area contributed by atoms with E-state index < -0.39 is 6.10 Å². The summed E-state index contributed by atoms with van der Waals surface area (Å²) in [6, 6.07) is 7.31. The minimum Gasteiger partial charge on any atom is -0.398 e. The number of hydrogen-bond donors (Lipinski definition) is 4. The van der Waals surface area contributed by atoms with Crippen molar-refractivity contribution in [3.63, 3.8) is 0 Å². The first-order valence-electron chi connectivity index (χ1n) is 4.89. The second-order valence-electron chi connectivity index (χ2n) is 3.39. The van der Waals surface area contributed by atoms with E-state index in [9.17, 15) is 0 Å². The van der Waals surface area contributed by atoms with Gasteiger partial charge in [-0.05, 0) is 19.9 Å². The Morgan fingerprint density at radius 1 is 1.20 bits per heavy atom. The normalized spacial score (nSPS) is 13.7. The highest BCUT2D eigenvalue weighted by molar-refractivity contribution is 5.47. The largest absolute Gasteiger partial charge is 0.398 e. The molecule has 0 saturated carbocycles. The first kappa shape index (κ1) is 13.9. The van der Waals surface area contributed by atoms with Gasteiger partial charge in [0.2, 0.25) is 0 Å². The Morgan fingerprint density at radius 3 is 1.93 bits per heavy atom. The number of anilines is 1. The summed E-state index contributed by atoms with van der Waals surface area (Å²) in [7, 11) is 0. The first-order valence-corrected chi connectivity index (χ1v) is 4.89. The van der Waals surface area contributed by atoms with Crippen molar-refractivity contribution >= 4 is 5.69 Å². The van der Waals surface area contributed by atoms with Gasteiger partial charge in [-0.1, -0.05) is 18.2 Å². The van der Waals surface area contributed by atoms with E-state index in [-0.39, 0.29) is 6.10 Å². The number of aliphatic hydroxyl groups excluding tert-OH is 2. The molecule has 0 aliphatic carbocycles. The summed E-state index contributed by atoms with van der Waals surface area (Å²) in [6.07, 6.45) is -0.809. The second kappa shape index (κ2) is 7.23. The SMILES string of the molecule is CC(O)CN.CC(O)c1ccccc1N. The maximum Gasteiger partial charge on any atom is 0.0781 e. The monoisotopic (exact) mass is 212 g/mol. The van der Waals surface area contributed by atoms with Crippen LogP contribution in [-0.4, -0.2) is 22.9 Å². The third-order valence-corrected chi connectivity index (χ3v) is 1.79. The zero-order valence-electron chi connectivity index (χ0n) is 9.22. The Morgan fingerprint density at radius 2 is 1.67 bits per heavy atom. The van der Waals surface area contributed by atoms with Crippen LogP contribution in [0.5, 0.6) is 0 Å². The first-order chi connectivity index (χ1) is 6.99. The fourth-order valence-corrected chi connectivity index (χ4v) is 0.891. The zero-order chi connectivity index (χ0) is 11.8. The van der Waals surface area contributed by atoms with Gasteiger partial charge in [-0.2, -0.15) is 0 Å². The minimum atomic E-state index is -0.471. The molecular weight excluding hydrogens is 192 g/mol. The topological polar surface area (TPSA) is 92.5 Å². The molecule has 0 fully saturated rings. The summed E-state index contributed by atoms with van der Waals surface area (Å²) >= 11 is 0. The van der Waals surface area contributed by atoms with Gasteiger partial charge in [0.1, 0.15) is 0 Å². The molecule has 2 atom stereocenters. The van der Waals surface area contributed by atoms with Crippen molar-refractivity contribution < 1.29 is 10.2 Å². The molecule has 0 aromatic heterocycles. The fourth-order valence-electron chi connectivity index (χ4n) is 0.891. The average Bonchev–Trinajstić information content (AvgIpc) is 2.19. The lowest BCUT2D eigenvalue weighted by molar-refractivity contribution is 0.200. The number of hydrogen-bond acceptors (Lipinski definition) is 4. The molecule has 0 bridgehead atoms. The molecule has 1 aromatic carbocycles. The van der Waals surface area contributed by atoms with Crippen LogP contribution >= 0.6 is 0 Å². The van der Waals surface area contributed by atoms with Gasteiger partial charge in [0.25, 0.3) is 0 Å². The van der Waals surface area contributed by atoms with Gasteiger partial charge in [0.15, 0.2) is 0 Å². The molecule has 0 spiro atoms. The Balaban J connectivity index is 0.000000336. The van der Waals surface area contributed by atoms with Crippen molar-refractivity contribution in [3.05, 3.63) is 29.8 Å². The molecule has 0 heterocycles. The van der Waals surface area contributed by atoms with Gasteiger partial charge in [0, 0.05) is 17.8 Å². The molecule has 4 heteroatoms. The van der Waals surface area contributed by atoms with Crippen LogP contribution in [0.1, 0.15) is 25.5 Å². The highest BCUT2D eigenvalue weighted by Crippen LogP contribution is 2.18. The molecule has 1 aromatic rings. The predicted molar refractivity (Wildman–Crippen MR) is 62.2 cm³/mol. The molecule has 4 nitrogen and oxygen atoms in total. The van der Waals surface area contributed by atoms with Gasteiger partial charge >= 0.3 is 0 Å². The van der Waals surface area contributed by atoms with E-state index in [1.54, 1.807) is 19.9 Å². The molecule has 86 valence electrons. The van der Waals surface area contributed by atoms with Gasteiger partial charge in [0.05, 0.1) is 12.2 Å². The van der Waals surface area contributed by atoms with Crippen LogP contribution in [0.4, 0.5) is 5.69 Å². The Kier molecular flexibility index (Phi) is 6.70. The Labute approximate surface area is 90.5 Å². The summed E-state index contributed by atoms with van der Waals surface area (Å²) in [6.45, 7) is 3.71. The summed E-state index contributed by atoms with van der Waals surface area (Å²) < 4.78 is 0. The predicted octanol–water partition coefficient (Wildman–Crippen LogP) is 0.648. The number of benzene rings is 1. The van der Waals surface area contributed by atoms with E-state index in [2.05, 4.69) is 0 Å². The molecule has 2 unspecified atom stereocenters. The van der Waals surface area contributed by atoms with Crippen LogP contribution in [-0.2, 0) is 0 Å². The van der Waals surface area contributed by atoms with Crippen molar-refractivity contribution in [2.24, 2.45) is 5.73 Å². The Hall–Kier alpha value is -1.10. The Bertz CT molecular complexity index is 275. The second-order valence-corrected chi connectivity index (χ2v) is 3.39. The number of rotatable bonds is 2. The highest BCUT2D eigenvalue weighted by Gasteiger charge is 2.01. The number of aliphatic hydroxyl groups is 2. The highest BCUT2D eigenvalue weighted by atomic mass is 16.3. The van der Waals surface area contributed by atoms with E-state index in [1.807, 2.05) is 18.2 Å². The molecule has 6 N–H and O–H groups in total. The molecule has 0 saturated heterocycles. The lowest BCUT2D eigenvalue weighted by atomic mass is 10.1. The maximum atomic E-state index is 9.12. The van der Waals surface area contributed by atoms with Crippen LogP contribution in [0.15, 0.2) is 24.3 Å². The van der Waals surface area contributed by atoms with Crippen molar-refractivity contribution in [1.82, 2.24) is 0 Å². The molecular formula is C11H20N2O2. The van der Waals surface area contributed by atoms with Crippen LogP contribution in [0.2, 0.25) is 0 Å². The summed E-state index contributed by atoms with van der Waals surface area (Å²) in [5, 5.41) is 17.4. The van der Waals surface area contributed by atoms with Gasteiger partial charge in [-0.15, -0.1) is 0 Å². The van der Waals surface area contributed by atoms with Crippen molar-refractivity contribution in [2.75, 3.05) is 12.3 Å². The van der Waals surface area contributed by atoms with Crippen LogP contribution in [0, 0.1) is 0 Å². The molecule has 0 aliphatic heterocycles. The summed E-state index contributed by atoms with van der Waals surface area (Å²) in [5.74, 6) is 0. The molecule has 0 aliphatic rings. The summed E-state index contributed by atoms with van der Waals surface area (Å²) in [4.78, 5) is 0. The number of nitrogens with two attached hydrogens (primary N) is 2. The standard InChI is InChI=1S/C8H11NO.C3H9NO/c1-6(10)7-4-2-3-5-8(7)9;1-3(5)2-4/h2-6,10H,9H2,1H3;3,5H,2,4H2,1H3. The van der Waals surface area contributed by atoms with Gasteiger partial charge < -0.3 is 21.7 Å². The summed E-state index contributed by atoms with van der Waals surface area (Å²) in [5.41, 5.74) is 11.9. The van der Waals surface area contributed by atoms with E-state index in [0.717, 1.165) is 5.56 Å². The van der Waals surface area contributed by atoms with Crippen LogP contribution in [0.25, 0.3) is 0 Å². The van der Waals surface area contributed by atoms with Gasteiger partial charge in [-0.3, -0.25) is 0 Å².